The van der Waals surface area contributed by atoms with Gasteiger partial charge in [-0.15, -0.1) is 0 Å². The second kappa shape index (κ2) is 4.28. The van der Waals surface area contributed by atoms with Gasteiger partial charge in [-0.1, -0.05) is 13.3 Å². The molecule has 0 spiro atoms. The van der Waals surface area contributed by atoms with Crippen LogP contribution < -0.4 is 10.6 Å². The highest BCUT2D eigenvalue weighted by Gasteiger charge is 2.32. The fraction of sp³-hybridized carbons (Fsp3) is 0.889. The van der Waals surface area contributed by atoms with Gasteiger partial charge in [0.1, 0.15) is 6.54 Å². The minimum atomic E-state index is -4.35. The molecule has 2 N–H and O–H groups in total. The van der Waals surface area contributed by atoms with Gasteiger partial charge in [0.15, 0.2) is 0 Å². The molecular weight excluding hydrogens is 209 g/mol. The van der Waals surface area contributed by atoms with Crippen molar-refractivity contribution in [2.75, 3.05) is 13.1 Å². The van der Waals surface area contributed by atoms with E-state index in [4.69, 9.17) is 0 Å². The number of hydrogen-bond acceptors (Lipinski definition) is 1. The molecule has 0 aliphatic heterocycles. The maximum absolute atomic E-state index is 11.7. The van der Waals surface area contributed by atoms with Gasteiger partial charge in [-0.05, 0) is 18.3 Å². The number of hydrogen-bond donors (Lipinski definition) is 2. The second-order valence-electron chi connectivity index (χ2n) is 4.32. The Morgan fingerprint density at radius 3 is 2.33 bits per heavy atom. The van der Waals surface area contributed by atoms with Gasteiger partial charge in [-0.25, -0.2) is 4.79 Å². The van der Waals surface area contributed by atoms with E-state index in [0.717, 1.165) is 19.3 Å². The average molecular weight is 224 g/mol. The predicted octanol–water partition coefficient (Wildman–Crippen LogP) is 2.04. The van der Waals surface area contributed by atoms with Crippen molar-refractivity contribution >= 4 is 6.03 Å². The average Bonchev–Trinajstić information content (AvgIpc) is 2.07. The molecular formula is C9H15F3N2O. The van der Waals surface area contributed by atoms with Crippen LogP contribution >= 0.6 is 0 Å². The van der Waals surface area contributed by atoms with Gasteiger partial charge < -0.3 is 10.6 Å². The van der Waals surface area contributed by atoms with Crippen LogP contribution in [0.3, 0.4) is 0 Å². The minimum Gasteiger partial charge on any atom is -0.338 e. The molecule has 1 saturated carbocycles. The van der Waals surface area contributed by atoms with E-state index in [1.165, 1.54) is 0 Å². The van der Waals surface area contributed by atoms with E-state index < -0.39 is 18.8 Å². The quantitative estimate of drug-likeness (QED) is 0.756. The standard InChI is InChI=1S/C9H15F3N2O/c1-8(3-2-4-8)5-13-7(15)14-6-9(10,11)12/h2-6H2,1H3,(H2,13,14,15). The zero-order chi connectivity index (χ0) is 11.5. The van der Waals surface area contributed by atoms with E-state index in [1.807, 2.05) is 6.92 Å². The molecule has 0 radical (unpaired) electrons. The molecule has 88 valence electrons. The molecule has 15 heavy (non-hydrogen) atoms. The van der Waals surface area contributed by atoms with Gasteiger partial charge in [0.2, 0.25) is 0 Å². The number of urea groups is 1. The summed E-state index contributed by atoms with van der Waals surface area (Å²) in [5, 5.41) is 4.22. The Morgan fingerprint density at radius 2 is 1.93 bits per heavy atom. The highest BCUT2D eigenvalue weighted by molar-refractivity contribution is 5.73. The molecule has 0 aromatic heterocycles. The van der Waals surface area contributed by atoms with E-state index in [9.17, 15) is 18.0 Å². The first-order chi connectivity index (χ1) is 6.81. The summed E-state index contributed by atoms with van der Waals surface area (Å²) in [6, 6.07) is -0.750. The van der Waals surface area contributed by atoms with Crippen molar-refractivity contribution in [1.82, 2.24) is 10.6 Å². The summed E-state index contributed by atoms with van der Waals surface area (Å²) in [6.07, 6.45) is -1.18. The second-order valence-corrected chi connectivity index (χ2v) is 4.32. The van der Waals surface area contributed by atoms with Crippen molar-refractivity contribution < 1.29 is 18.0 Å². The number of rotatable bonds is 3. The Morgan fingerprint density at radius 1 is 1.33 bits per heavy atom. The van der Waals surface area contributed by atoms with Gasteiger partial charge in [-0.3, -0.25) is 0 Å². The van der Waals surface area contributed by atoms with E-state index in [-0.39, 0.29) is 5.41 Å². The topological polar surface area (TPSA) is 41.1 Å². The summed E-state index contributed by atoms with van der Waals surface area (Å²) in [5.74, 6) is 0. The predicted molar refractivity (Wildman–Crippen MR) is 49.4 cm³/mol. The lowest BCUT2D eigenvalue weighted by Gasteiger charge is -2.38. The Balaban J connectivity index is 2.14. The van der Waals surface area contributed by atoms with Crippen LogP contribution in [0.2, 0.25) is 0 Å². The summed E-state index contributed by atoms with van der Waals surface area (Å²) in [7, 11) is 0. The summed E-state index contributed by atoms with van der Waals surface area (Å²) in [5.41, 5.74) is 0.0789. The van der Waals surface area contributed by atoms with Crippen LogP contribution in [0.1, 0.15) is 26.2 Å². The van der Waals surface area contributed by atoms with Crippen LogP contribution in [0, 0.1) is 5.41 Å². The summed E-state index contributed by atoms with van der Waals surface area (Å²) in [6.45, 7) is 1.17. The number of amides is 2. The Kier molecular flexibility index (Phi) is 3.46. The monoisotopic (exact) mass is 224 g/mol. The lowest BCUT2D eigenvalue weighted by Crippen LogP contribution is -2.46. The molecule has 0 aromatic rings. The third-order valence-corrected chi connectivity index (χ3v) is 2.69. The van der Waals surface area contributed by atoms with Crippen molar-refractivity contribution in [2.24, 2.45) is 5.41 Å². The SMILES string of the molecule is CC1(CNC(=O)NCC(F)(F)F)CCC1. The third-order valence-electron chi connectivity index (χ3n) is 2.69. The maximum Gasteiger partial charge on any atom is 0.405 e. The van der Waals surface area contributed by atoms with Crippen LogP contribution in [-0.4, -0.2) is 25.3 Å². The van der Waals surface area contributed by atoms with Crippen LogP contribution in [0.5, 0.6) is 0 Å². The number of halogens is 3. The fourth-order valence-electron chi connectivity index (χ4n) is 1.49. The van der Waals surface area contributed by atoms with Crippen molar-refractivity contribution in [1.29, 1.82) is 0 Å². The molecule has 1 rings (SSSR count). The fourth-order valence-corrected chi connectivity index (χ4v) is 1.49. The van der Waals surface area contributed by atoms with Gasteiger partial charge >= 0.3 is 12.2 Å². The van der Waals surface area contributed by atoms with Gasteiger partial charge in [0, 0.05) is 6.54 Å². The van der Waals surface area contributed by atoms with Crippen molar-refractivity contribution in [3.05, 3.63) is 0 Å². The van der Waals surface area contributed by atoms with Crippen LogP contribution in [-0.2, 0) is 0 Å². The zero-order valence-corrected chi connectivity index (χ0v) is 8.58. The molecule has 0 heterocycles. The normalized spacial score (nSPS) is 19.2. The number of carbonyl (C=O) groups excluding carboxylic acids is 1. The minimum absolute atomic E-state index is 0.0789. The summed E-state index contributed by atoms with van der Waals surface area (Å²) in [4.78, 5) is 11.0. The first-order valence-corrected chi connectivity index (χ1v) is 4.89. The van der Waals surface area contributed by atoms with Gasteiger partial charge in [0.05, 0.1) is 0 Å². The van der Waals surface area contributed by atoms with E-state index >= 15 is 0 Å². The molecule has 3 nitrogen and oxygen atoms in total. The molecule has 0 unspecified atom stereocenters. The molecule has 1 aliphatic rings. The van der Waals surface area contributed by atoms with Gasteiger partial charge in [0.25, 0.3) is 0 Å². The van der Waals surface area contributed by atoms with Crippen LogP contribution in [0.25, 0.3) is 0 Å². The Hall–Kier alpha value is -0.940. The largest absolute Gasteiger partial charge is 0.405 e. The Labute approximate surface area is 86.4 Å². The molecule has 0 aromatic carbocycles. The smallest absolute Gasteiger partial charge is 0.338 e. The lowest BCUT2D eigenvalue weighted by molar-refractivity contribution is -0.122. The first kappa shape index (κ1) is 12.1. The molecule has 0 bridgehead atoms. The Bertz CT molecular complexity index is 236. The molecule has 6 heteroatoms. The third kappa shape index (κ3) is 4.40. The van der Waals surface area contributed by atoms with Gasteiger partial charge in [-0.2, -0.15) is 13.2 Å². The number of nitrogens with one attached hydrogen (secondary N) is 2. The van der Waals surface area contributed by atoms with E-state index in [0.29, 0.717) is 6.54 Å². The van der Waals surface area contributed by atoms with Crippen molar-refractivity contribution in [2.45, 2.75) is 32.4 Å². The van der Waals surface area contributed by atoms with Crippen LogP contribution in [0.15, 0.2) is 0 Å². The number of alkyl halides is 3. The highest BCUT2D eigenvalue weighted by atomic mass is 19.4. The van der Waals surface area contributed by atoms with Crippen molar-refractivity contribution in [3.8, 4) is 0 Å². The molecule has 1 aliphatic carbocycles. The molecule has 1 fully saturated rings. The zero-order valence-electron chi connectivity index (χ0n) is 8.58. The summed E-state index contributed by atoms with van der Waals surface area (Å²) < 4.78 is 35.2. The highest BCUT2D eigenvalue weighted by Crippen LogP contribution is 2.39. The molecule has 0 saturated heterocycles. The van der Waals surface area contributed by atoms with E-state index in [2.05, 4.69) is 5.32 Å². The number of carbonyl (C=O) groups is 1. The van der Waals surface area contributed by atoms with E-state index in [1.54, 1.807) is 5.32 Å². The maximum atomic E-state index is 11.7. The van der Waals surface area contributed by atoms with Crippen molar-refractivity contribution in [3.63, 3.8) is 0 Å². The lowest BCUT2D eigenvalue weighted by atomic mass is 9.70. The molecule has 0 atom stereocenters. The summed E-state index contributed by atoms with van der Waals surface area (Å²) >= 11 is 0. The van der Waals surface area contributed by atoms with Crippen LogP contribution in [0.4, 0.5) is 18.0 Å². The molecule has 2 amide bonds. The first-order valence-electron chi connectivity index (χ1n) is 4.89.